The van der Waals surface area contributed by atoms with Gasteiger partial charge < -0.3 is 5.32 Å². The maximum absolute atomic E-state index is 12.9. The molecule has 0 aliphatic carbocycles. The predicted molar refractivity (Wildman–Crippen MR) is 125 cm³/mol. The summed E-state index contributed by atoms with van der Waals surface area (Å²) in [4.78, 5) is 13.1. The van der Waals surface area contributed by atoms with E-state index in [1.54, 1.807) is 49.4 Å². The molecule has 2 N–H and O–H groups in total. The van der Waals surface area contributed by atoms with Gasteiger partial charge in [0.25, 0.3) is 15.9 Å². The summed E-state index contributed by atoms with van der Waals surface area (Å²) in [5.41, 5.74) is 5.75. The number of hydrogen-bond acceptors (Lipinski definition) is 3. The van der Waals surface area contributed by atoms with Crippen LogP contribution in [0.2, 0.25) is 0 Å². The molecule has 0 saturated heterocycles. The minimum Gasteiger partial charge on any atom is -0.346 e. The van der Waals surface area contributed by atoms with E-state index in [1.165, 1.54) is 11.1 Å². The molecular weight excluding hydrogens is 408 g/mol. The first-order valence-corrected chi connectivity index (χ1v) is 11.6. The molecule has 5 nitrogen and oxygen atoms in total. The van der Waals surface area contributed by atoms with E-state index in [-0.39, 0.29) is 16.8 Å². The lowest BCUT2D eigenvalue weighted by Gasteiger charge is -2.18. The number of sulfonamides is 1. The highest BCUT2D eigenvalue weighted by Crippen LogP contribution is 2.24. The molecule has 0 spiro atoms. The number of rotatable bonds is 6. The summed E-state index contributed by atoms with van der Waals surface area (Å²) in [5, 5.41) is 3.01. The Balaban J connectivity index is 1.81. The average Bonchev–Trinajstić information content (AvgIpc) is 2.71. The second kappa shape index (κ2) is 8.94. The van der Waals surface area contributed by atoms with Gasteiger partial charge in [0.15, 0.2) is 0 Å². The third-order valence-corrected chi connectivity index (χ3v) is 6.91. The number of nitrogens with one attached hydrogen (secondary N) is 2. The number of carbonyl (C=O) groups is 1. The third-order valence-electron chi connectivity index (χ3n) is 5.53. The molecule has 6 heteroatoms. The van der Waals surface area contributed by atoms with Gasteiger partial charge in [-0.25, -0.2) is 8.42 Å². The monoisotopic (exact) mass is 436 g/mol. The van der Waals surface area contributed by atoms with Gasteiger partial charge in [0.2, 0.25) is 0 Å². The number of anilines is 1. The number of carbonyl (C=O) groups excluding carboxylic acids is 1. The Morgan fingerprint density at radius 2 is 1.55 bits per heavy atom. The van der Waals surface area contributed by atoms with E-state index < -0.39 is 10.0 Å². The van der Waals surface area contributed by atoms with Gasteiger partial charge >= 0.3 is 0 Å². The van der Waals surface area contributed by atoms with Crippen LogP contribution in [0.5, 0.6) is 0 Å². The lowest BCUT2D eigenvalue weighted by atomic mass is 10.0. The van der Waals surface area contributed by atoms with Crippen LogP contribution in [0.3, 0.4) is 0 Å². The molecule has 3 rings (SSSR count). The van der Waals surface area contributed by atoms with Crippen molar-refractivity contribution in [1.29, 1.82) is 0 Å². The van der Waals surface area contributed by atoms with Crippen LogP contribution < -0.4 is 10.0 Å². The number of hydrogen-bond donors (Lipinski definition) is 2. The Labute approximate surface area is 184 Å². The van der Waals surface area contributed by atoms with Gasteiger partial charge in [0.1, 0.15) is 0 Å². The summed E-state index contributed by atoms with van der Waals surface area (Å²) in [6.45, 7) is 9.66. The van der Waals surface area contributed by atoms with Crippen molar-refractivity contribution >= 4 is 21.6 Å². The van der Waals surface area contributed by atoms with Crippen LogP contribution in [0.1, 0.15) is 51.1 Å². The van der Waals surface area contributed by atoms with E-state index in [1.807, 2.05) is 32.9 Å². The van der Waals surface area contributed by atoms with Gasteiger partial charge in [-0.1, -0.05) is 42.0 Å². The summed E-state index contributed by atoms with van der Waals surface area (Å²) in [5.74, 6) is -0.250. The zero-order valence-corrected chi connectivity index (χ0v) is 19.3. The van der Waals surface area contributed by atoms with Crippen LogP contribution in [0, 0.1) is 27.7 Å². The summed E-state index contributed by atoms with van der Waals surface area (Å²) < 4.78 is 28.1. The van der Waals surface area contributed by atoms with Crippen molar-refractivity contribution in [1.82, 2.24) is 5.32 Å². The molecule has 0 aliphatic heterocycles. The van der Waals surface area contributed by atoms with Gasteiger partial charge in [0, 0.05) is 5.56 Å². The smallest absolute Gasteiger partial charge is 0.261 e. The van der Waals surface area contributed by atoms with E-state index >= 15 is 0 Å². The zero-order chi connectivity index (χ0) is 22.8. The first-order valence-electron chi connectivity index (χ1n) is 10.2. The van der Waals surface area contributed by atoms with Crippen molar-refractivity contribution in [2.75, 3.05) is 4.72 Å². The van der Waals surface area contributed by atoms with Gasteiger partial charge in [-0.15, -0.1) is 0 Å². The SMILES string of the molecule is Cc1ccc(S(=O)(=O)Nc2cccc(C(=O)N[C@@H](C)c3ccc(C)c(C)c3)c2C)cc1. The maximum Gasteiger partial charge on any atom is 0.261 e. The molecule has 0 aromatic heterocycles. The second-order valence-electron chi connectivity index (χ2n) is 7.94. The van der Waals surface area contributed by atoms with Crippen molar-refractivity contribution in [2.24, 2.45) is 0 Å². The van der Waals surface area contributed by atoms with Crippen molar-refractivity contribution < 1.29 is 13.2 Å². The molecule has 1 amide bonds. The van der Waals surface area contributed by atoms with Crippen LogP contribution >= 0.6 is 0 Å². The van der Waals surface area contributed by atoms with E-state index in [0.717, 1.165) is 11.1 Å². The van der Waals surface area contributed by atoms with Gasteiger partial charge in [-0.05, 0) is 81.1 Å². The second-order valence-corrected chi connectivity index (χ2v) is 9.62. The molecule has 0 fully saturated rings. The van der Waals surface area contributed by atoms with E-state index in [9.17, 15) is 13.2 Å². The number of benzene rings is 3. The molecule has 0 radical (unpaired) electrons. The first-order chi connectivity index (χ1) is 14.6. The van der Waals surface area contributed by atoms with Gasteiger partial charge in [-0.3, -0.25) is 9.52 Å². The quantitative estimate of drug-likeness (QED) is 0.557. The Hall–Kier alpha value is -3.12. The van der Waals surface area contributed by atoms with Crippen LogP contribution in [-0.4, -0.2) is 14.3 Å². The molecular formula is C25H28N2O3S. The minimum absolute atomic E-state index is 0.177. The standard InChI is InChI=1S/C25H28N2O3S/c1-16-9-13-22(14-10-16)31(29,30)27-24-8-6-7-23(19(24)4)25(28)26-20(5)21-12-11-17(2)18(3)15-21/h6-15,20,27H,1-5H3,(H,26,28)/t20-/m0/s1. The molecule has 1 atom stereocenters. The molecule has 3 aromatic carbocycles. The molecule has 162 valence electrons. The molecule has 0 bridgehead atoms. The minimum atomic E-state index is -3.75. The molecule has 0 saturated carbocycles. The zero-order valence-electron chi connectivity index (χ0n) is 18.5. The maximum atomic E-state index is 12.9. The topological polar surface area (TPSA) is 75.3 Å². The Morgan fingerprint density at radius 3 is 2.19 bits per heavy atom. The van der Waals surface area contributed by atoms with Crippen LogP contribution in [-0.2, 0) is 10.0 Å². The summed E-state index contributed by atoms with van der Waals surface area (Å²) in [6, 6.07) is 17.6. The normalized spacial score (nSPS) is 12.3. The lowest BCUT2D eigenvalue weighted by Crippen LogP contribution is -2.27. The highest BCUT2D eigenvalue weighted by molar-refractivity contribution is 7.92. The Kier molecular flexibility index (Phi) is 6.51. The van der Waals surface area contributed by atoms with Crippen molar-refractivity contribution in [3.63, 3.8) is 0 Å². The molecule has 0 unspecified atom stereocenters. The Bertz CT molecular complexity index is 1220. The van der Waals surface area contributed by atoms with Crippen LogP contribution in [0.15, 0.2) is 65.6 Å². The first kappa shape index (κ1) is 22.6. The van der Waals surface area contributed by atoms with Gasteiger partial charge in [0.05, 0.1) is 16.6 Å². The largest absolute Gasteiger partial charge is 0.346 e. The lowest BCUT2D eigenvalue weighted by molar-refractivity contribution is 0.0939. The van der Waals surface area contributed by atoms with Crippen molar-refractivity contribution in [2.45, 2.75) is 45.6 Å². The highest BCUT2D eigenvalue weighted by Gasteiger charge is 2.19. The molecule has 3 aromatic rings. The predicted octanol–water partition coefficient (Wildman–Crippen LogP) is 5.21. The fourth-order valence-corrected chi connectivity index (χ4v) is 4.43. The van der Waals surface area contributed by atoms with Gasteiger partial charge in [-0.2, -0.15) is 0 Å². The number of aryl methyl sites for hydroxylation is 3. The van der Waals surface area contributed by atoms with E-state index in [2.05, 4.69) is 23.0 Å². The van der Waals surface area contributed by atoms with Crippen molar-refractivity contribution in [3.05, 3.63) is 94.0 Å². The Morgan fingerprint density at radius 1 is 0.871 bits per heavy atom. The summed E-state index contributed by atoms with van der Waals surface area (Å²) in [6.07, 6.45) is 0. The summed E-state index contributed by atoms with van der Waals surface area (Å²) in [7, 11) is -3.75. The van der Waals surface area contributed by atoms with Crippen molar-refractivity contribution in [3.8, 4) is 0 Å². The molecule has 31 heavy (non-hydrogen) atoms. The van der Waals surface area contributed by atoms with Crippen LogP contribution in [0.25, 0.3) is 0 Å². The van der Waals surface area contributed by atoms with E-state index in [4.69, 9.17) is 0 Å². The van der Waals surface area contributed by atoms with E-state index in [0.29, 0.717) is 16.8 Å². The fourth-order valence-electron chi connectivity index (χ4n) is 3.30. The summed E-state index contributed by atoms with van der Waals surface area (Å²) >= 11 is 0. The highest BCUT2D eigenvalue weighted by atomic mass is 32.2. The van der Waals surface area contributed by atoms with Crippen LogP contribution in [0.4, 0.5) is 5.69 Å². The molecule has 0 heterocycles. The fraction of sp³-hybridized carbons (Fsp3) is 0.240. The third kappa shape index (κ3) is 5.14. The number of amides is 1. The molecule has 0 aliphatic rings. The average molecular weight is 437 g/mol.